The van der Waals surface area contributed by atoms with E-state index in [2.05, 4.69) is 14.2 Å². The zero-order valence-electron chi connectivity index (χ0n) is 15.8. The van der Waals surface area contributed by atoms with Crippen molar-refractivity contribution >= 4 is 0 Å². The molecule has 0 aliphatic carbocycles. The zero-order valence-corrected chi connectivity index (χ0v) is 17.6. The van der Waals surface area contributed by atoms with Gasteiger partial charge in [0.25, 0.3) is 0 Å². The van der Waals surface area contributed by atoms with E-state index in [1.54, 1.807) is 62.9 Å². The van der Waals surface area contributed by atoms with Crippen LogP contribution in [0.15, 0.2) is 0 Å². The molecule has 135 valence electrons. The van der Waals surface area contributed by atoms with E-state index in [-0.39, 0.29) is 25.8 Å². The summed E-state index contributed by atoms with van der Waals surface area (Å²) in [6, 6.07) is 0. The summed E-state index contributed by atoms with van der Waals surface area (Å²) >= 11 is 0. The molecule has 0 bridgehead atoms. The number of ether oxygens (including phenoxy) is 3. The first kappa shape index (κ1) is 30.5. The SMILES string of the molecule is COCC(C)(C)O.COCC(C)(C)O.COCC(C)(C)O.[Sc]. The molecule has 0 heterocycles. The van der Waals surface area contributed by atoms with Crippen LogP contribution in [0, 0.1) is 0 Å². The van der Waals surface area contributed by atoms with Gasteiger partial charge in [0.05, 0.1) is 36.6 Å². The van der Waals surface area contributed by atoms with Gasteiger partial charge >= 0.3 is 0 Å². The van der Waals surface area contributed by atoms with Crippen molar-refractivity contribution in [2.45, 2.75) is 58.3 Å². The molecule has 0 amide bonds. The van der Waals surface area contributed by atoms with E-state index in [1.165, 1.54) is 0 Å². The van der Waals surface area contributed by atoms with E-state index in [1.807, 2.05) is 0 Å². The van der Waals surface area contributed by atoms with Crippen LogP contribution in [0.4, 0.5) is 0 Å². The van der Waals surface area contributed by atoms with Gasteiger partial charge in [-0.3, -0.25) is 0 Å². The predicted octanol–water partition coefficient (Wildman–Crippen LogP) is 1.21. The first-order chi connectivity index (χ1) is 9.18. The van der Waals surface area contributed by atoms with Crippen molar-refractivity contribution < 1.29 is 55.4 Å². The van der Waals surface area contributed by atoms with Gasteiger partial charge in [-0.15, -0.1) is 0 Å². The van der Waals surface area contributed by atoms with E-state index in [4.69, 9.17) is 15.3 Å². The smallest absolute Gasteiger partial charge is 0.0824 e. The first-order valence-electron chi connectivity index (χ1n) is 6.82. The van der Waals surface area contributed by atoms with Crippen molar-refractivity contribution in [3.8, 4) is 0 Å². The second-order valence-corrected chi connectivity index (χ2v) is 6.74. The Kier molecular flexibility index (Phi) is 21.0. The Hall–Kier alpha value is 0.630. The summed E-state index contributed by atoms with van der Waals surface area (Å²) < 4.78 is 14.0. The molecular formula is C15H36O6Sc. The van der Waals surface area contributed by atoms with Crippen molar-refractivity contribution in [2.24, 2.45) is 0 Å². The van der Waals surface area contributed by atoms with Crippen LogP contribution in [0.1, 0.15) is 41.5 Å². The van der Waals surface area contributed by atoms with Gasteiger partial charge in [0.2, 0.25) is 0 Å². The average Bonchev–Trinajstić information content (AvgIpc) is 2.12. The number of rotatable bonds is 6. The van der Waals surface area contributed by atoms with Crippen LogP contribution in [-0.2, 0) is 40.1 Å². The van der Waals surface area contributed by atoms with Crippen molar-refractivity contribution in [1.29, 1.82) is 0 Å². The monoisotopic (exact) mass is 357 g/mol. The molecule has 22 heavy (non-hydrogen) atoms. The molecule has 0 atom stereocenters. The van der Waals surface area contributed by atoms with Gasteiger partial charge in [-0.05, 0) is 41.5 Å². The molecule has 0 saturated heterocycles. The number of hydrogen-bond acceptors (Lipinski definition) is 6. The summed E-state index contributed by atoms with van der Waals surface area (Å²) in [7, 11) is 4.70. The van der Waals surface area contributed by atoms with Gasteiger partial charge in [-0.1, -0.05) is 0 Å². The van der Waals surface area contributed by atoms with Crippen LogP contribution in [-0.4, -0.2) is 73.3 Å². The summed E-state index contributed by atoms with van der Waals surface area (Å²) in [5.74, 6) is 0. The second-order valence-electron chi connectivity index (χ2n) is 6.74. The average molecular weight is 357 g/mol. The molecule has 3 N–H and O–H groups in total. The molecule has 1 radical (unpaired) electrons. The Bertz CT molecular complexity index is 178. The van der Waals surface area contributed by atoms with Gasteiger partial charge in [0, 0.05) is 47.2 Å². The second kappa shape index (κ2) is 15.2. The first-order valence-corrected chi connectivity index (χ1v) is 6.82. The quantitative estimate of drug-likeness (QED) is 0.662. The summed E-state index contributed by atoms with van der Waals surface area (Å²) in [5, 5.41) is 26.7. The van der Waals surface area contributed by atoms with Crippen molar-refractivity contribution in [1.82, 2.24) is 0 Å². The minimum atomic E-state index is -0.672. The van der Waals surface area contributed by atoms with E-state index < -0.39 is 16.8 Å². The molecular weight excluding hydrogens is 321 g/mol. The summed E-state index contributed by atoms with van der Waals surface area (Å²) in [6.07, 6.45) is 0. The fraction of sp³-hybridized carbons (Fsp3) is 1.00. The number of hydrogen-bond donors (Lipinski definition) is 3. The molecule has 0 saturated carbocycles. The summed E-state index contributed by atoms with van der Waals surface area (Å²) in [5.41, 5.74) is -2.02. The molecule has 0 aromatic carbocycles. The third-order valence-corrected chi connectivity index (χ3v) is 1.49. The third-order valence-electron chi connectivity index (χ3n) is 1.49. The Balaban J connectivity index is -0.000000108. The van der Waals surface area contributed by atoms with E-state index in [0.29, 0.717) is 19.8 Å². The van der Waals surface area contributed by atoms with Crippen molar-refractivity contribution in [2.75, 3.05) is 41.2 Å². The maximum absolute atomic E-state index is 8.89. The Morgan fingerprint density at radius 3 is 0.682 bits per heavy atom. The predicted molar refractivity (Wildman–Crippen MR) is 84.5 cm³/mol. The van der Waals surface area contributed by atoms with Crippen LogP contribution >= 0.6 is 0 Å². The largest absolute Gasteiger partial charge is 0.388 e. The van der Waals surface area contributed by atoms with E-state index >= 15 is 0 Å². The standard InChI is InChI=1S/3C5H12O2.Sc/c3*1-5(2,6)4-7-3;/h3*6H,4H2,1-3H3;. The van der Waals surface area contributed by atoms with Crippen LogP contribution in [0.25, 0.3) is 0 Å². The Labute approximate surface area is 154 Å². The molecule has 0 rings (SSSR count). The molecule has 0 fully saturated rings. The van der Waals surface area contributed by atoms with Gasteiger partial charge in [0.1, 0.15) is 0 Å². The minimum absolute atomic E-state index is 0. The van der Waals surface area contributed by atoms with Crippen LogP contribution < -0.4 is 0 Å². The fourth-order valence-electron chi connectivity index (χ4n) is 1.06. The normalized spacial score (nSPS) is 11.5. The van der Waals surface area contributed by atoms with Crippen LogP contribution in [0.5, 0.6) is 0 Å². The maximum atomic E-state index is 8.89. The van der Waals surface area contributed by atoms with Crippen LogP contribution in [0.2, 0.25) is 0 Å². The van der Waals surface area contributed by atoms with Crippen molar-refractivity contribution in [3.63, 3.8) is 0 Å². The topological polar surface area (TPSA) is 88.4 Å². The molecule has 0 aliphatic heterocycles. The van der Waals surface area contributed by atoms with Crippen molar-refractivity contribution in [3.05, 3.63) is 0 Å². The third kappa shape index (κ3) is 49.8. The summed E-state index contributed by atoms with van der Waals surface area (Å²) in [6.45, 7) is 11.4. The minimum Gasteiger partial charge on any atom is -0.388 e. The molecule has 0 unspecified atom stereocenters. The molecule has 0 spiro atoms. The van der Waals surface area contributed by atoms with Gasteiger partial charge < -0.3 is 29.5 Å². The zero-order chi connectivity index (χ0) is 17.7. The van der Waals surface area contributed by atoms with E-state index in [9.17, 15) is 0 Å². The Morgan fingerprint density at radius 1 is 0.545 bits per heavy atom. The van der Waals surface area contributed by atoms with Gasteiger partial charge in [-0.2, -0.15) is 0 Å². The molecule has 0 aromatic heterocycles. The molecule has 0 aromatic rings. The number of aliphatic hydroxyl groups is 3. The Morgan fingerprint density at radius 2 is 0.682 bits per heavy atom. The molecule has 6 nitrogen and oxygen atoms in total. The molecule has 0 aliphatic rings. The van der Waals surface area contributed by atoms with Gasteiger partial charge in [-0.25, -0.2) is 0 Å². The van der Waals surface area contributed by atoms with Gasteiger partial charge in [0.15, 0.2) is 0 Å². The summed E-state index contributed by atoms with van der Waals surface area (Å²) in [4.78, 5) is 0. The maximum Gasteiger partial charge on any atom is 0.0824 e. The fourth-order valence-corrected chi connectivity index (χ4v) is 1.06. The number of methoxy groups -OCH3 is 3. The van der Waals surface area contributed by atoms with E-state index in [0.717, 1.165) is 0 Å². The molecule has 7 heteroatoms. The van der Waals surface area contributed by atoms with Crippen LogP contribution in [0.3, 0.4) is 0 Å².